The van der Waals surface area contributed by atoms with E-state index in [1.54, 1.807) is 0 Å². The fourth-order valence-corrected chi connectivity index (χ4v) is 8.08. The summed E-state index contributed by atoms with van der Waals surface area (Å²) < 4.78 is 0. The van der Waals surface area contributed by atoms with Crippen LogP contribution >= 0.6 is 11.8 Å². The molecular formula is C19H34N2S. The first-order chi connectivity index (χ1) is 9.83. The molecule has 2 fully saturated rings. The lowest BCUT2D eigenvalue weighted by Gasteiger charge is -2.64. The van der Waals surface area contributed by atoms with E-state index in [1.807, 2.05) is 0 Å². The fraction of sp³-hybridized carbons (Fsp3) is 1.00. The Bertz CT molecular complexity index is 482. The van der Waals surface area contributed by atoms with Gasteiger partial charge in [0.2, 0.25) is 0 Å². The first kappa shape index (κ1) is 16.8. The molecule has 0 atom stereocenters. The van der Waals surface area contributed by atoms with Crippen LogP contribution in [0.25, 0.3) is 0 Å². The third-order valence-corrected chi connectivity index (χ3v) is 10.00. The van der Waals surface area contributed by atoms with Gasteiger partial charge in [0.15, 0.2) is 0 Å². The second-order valence-electron chi connectivity index (χ2n) is 10.5. The second kappa shape index (κ2) is 4.32. The first-order valence-electron chi connectivity index (χ1n) is 8.97. The minimum absolute atomic E-state index is 0.0428. The minimum atomic E-state index is -0.0779. The van der Waals surface area contributed by atoms with E-state index in [0.717, 1.165) is 0 Å². The molecule has 3 rings (SSSR count). The van der Waals surface area contributed by atoms with Gasteiger partial charge in [0.1, 0.15) is 9.74 Å². The number of rotatable bonds is 0. The Kier molecular flexibility index (Phi) is 3.30. The highest BCUT2D eigenvalue weighted by atomic mass is 32.2. The minimum Gasteiger partial charge on any atom is -0.174 e. The Labute approximate surface area is 141 Å². The van der Waals surface area contributed by atoms with Gasteiger partial charge in [0, 0.05) is 21.7 Å². The molecule has 1 heterocycles. The summed E-state index contributed by atoms with van der Waals surface area (Å²) in [5.74, 6) is 0. The molecule has 2 nitrogen and oxygen atoms in total. The summed E-state index contributed by atoms with van der Waals surface area (Å²) in [6.07, 6.45) is 6.42. The summed E-state index contributed by atoms with van der Waals surface area (Å²) in [6.45, 7) is 19.3. The molecule has 22 heavy (non-hydrogen) atoms. The summed E-state index contributed by atoms with van der Waals surface area (Å²) in [4.78, 5) is -0.121. The van der Waals surface area contributed by atoms with Crippen molar-refractivity contribution in [3.05, 3.63) is 0 Å². The zero-order valence-electron chi connectivity index (χ0n) is 15.8. The van der Waals surface area contributed by atoms with Crippen LogP contribution < -0.4 is 0 Å². The van der Waals surface area contributed by atoms with Crippen LogP contribution in [0.1, 0.15) is 87.5 Å². The highest BCUT2D eigenvalue weighted by Gasteiger charge is 2.75. The molecule has 0 unspecified atom stereocenters. The molecule has 0 saturated heterocycles. The largest absolute Gasteiger partial charge is 0.174 e. The van der Waals surface area contributed by atoms with Crippen molar-refractivity contribution in [2.45, 2.75) is 97.2 Å². The van der Waals surface area contributed by atoms with Gasteiger partial charge in [-0.1, -0.05) is 80.0 Å². The molecule has 1 aliphatic heterocycles. The van der Waals surface area contributed by atoms with Gasteiger partial charge in [0.05, 0.1) is 0 Å². The van der Waals surface area contributed by atoms with Crippen LogP contribution in [0.4, 0.5) is 0 Å². The molecule has 0 aromatic rings. The topological polar surface area (TPSA) is 24.7 Å². The molecule has 0 aromatic heterocycles. The maximum atomic E-state index is 5.15. The van der Waals surface area contributed by atoms with Crippen LogP contribution in [0, 0.1) is 21.7 Å². The standard InChI is InChI=1S/C19H34N2S/c1-14(2)11-9-10-12-15(3,4)18(14)20-21-19(22-18)16(5,6)13-17(19,7)8/h9-13H2,1-8H3. The van der Waals surface area contributed by atoms with Crippen LogP contribution in [0.2, 0.25) is 0 Å². The Morgan fingerprint density at radius 2 is 0.955 bits per heavy atom. The highest BCUT2D eigenvalue weighted by molar-refractivity contribution is 8.02. The van der Waals surface area contributed by atoms with Gasteiger partial charge >= 0.3 is 0 Å². The third kappa shape index (κ3) is 1.75. The number of thioether (sulfide) groups is 1. The molecule has 3 aliphatic rings. The zero-order chi connectivity index (χ0) is 16.7. The Hall–Kier alpha value is -0.0500. The van der Waals surface area contributed by atoms with E-state index < -0.39 is 0 Å². The van der Waals surface area contributed by atoms with E-state index >= 15 is 0 Å². The Morgan fingerprint density at radius 3 is 1.32 bits per heavy atom. The van der Waals surface area contributed by atoms with E-state index in [0.29, 0.717) is 0 Å². The van der Waals surface area contributed by atoms with E-state index in [1.165, 1.54) is 32.1 Å². The molecule has 2 aliphatic carbocycles. The average Bonchev–Trinajstić information content (AvgIpc) is 2.76. The van der Waals surface area contributed by atoms with Crippen molar-refractivity contribution in [2.24, 2.45) is 31.9 Å². The molecule has 2 spiro atoms. The number of hydrogen-bond donors (Lipinski definition) is 0. The predicted molar refractivity (Wildman–Crippen MR) is 96.1 cm³/mol. The van der Waals surface area contributed by atoms with Crippen molar-refractivity contribution in [2.75, 3.05) is 0 Å². The van der Waals surface area contributed by atoms with E-state index in [9.17, 15) is 0 Å². The van der Waals surface area contributed by atoms with E-state index in [2.05, 4.69) is 67.2 Å². The van der Waals surface area contributed by atoms with Crippen molar-refractivity contribution >= 4 is 11.8 Å². The van der Waals surface area contributed by atoms with Crippen LogP contribution in [-0.2, 0) is 0 Å². The van der Waals surface area contributed by atoms with Gasteiger partial charge in [0.25, 0.3) is 0 Å². The third-order valence-electron chi connectivity index (χ3n) is 7.03. The molecule has 0 N–H and O–H groups in total. The number of hydrogen-bond acceptors (Lipinski definition) is 3. The molecular weight excluding hydrogens is 288 g/mol. The van der Waals surface area contributed by atoms with Crippen LogP contribution in [-0.4, -0.2) is 9.74 Å². The first-order valence-corrected chi connectivity index (χ1v) is 9.79. The molecule has 0 amide bonds. The molecule has 2 saturated carbocycles. The Balaban J connectivity index is 2.10. The van der Waals surface area contributed by atoms with Crippen LogP contribution in [0.3, 0.4) is 0 Å². The van der Waals surface area contributed by atoms with Gasteiger partial charge < -0.3 is 0 Å². The molecule has 0 bridgehead atoms. The normalized spacial score (nSPS) is 35.3. The Morgan fingerprint density at radius 1 is 0.591 bits per heavy atom. The highest BCUT2D eigenvalue weighted by Crippen LogP contribution is 2.78. The number of azo groups is 1. The molecule has 0 aromatic carbocycles. The molecule has 3 heteroatoms. The summed E-state index contributed by atoms with van der Waals surface area (Å²) in [7, 11) is 0. The van der Waals surface area contributed by atoms with E-state index in [4.69, 9.17) is 10.2 Å². The predicted octanol–water partition coefficient (Wildman–Crippen LogP) is 6.66. The van der Waals surface area contributed by atoms with Crippen LogP contribution in [0.15, 0.2) is 10.2 Å². The average molecular weight is 323 g/mol. The van der Waals surface area contributed by atoms with Gasteiger partial charge in [-0.2, -0.15) is 10.2 Å². The van der Waals surface area contributed by atoms with E-state index in [-0.39, 0.29) is 31.4 Å². The zero-order valence-corrected chi connectivity index (χ0v) is 16.7. The SMILES string of the molecule is CC1(C)CCCCC(C)(C)C12N=NC1(S2)C(C)(C)CC1(C)C. The van der Waals surface area contributed by atoms with Crippen molar-refractivity contribution in [1.82, 2.24) is 0 Å². The maximum absolute atomic E-state index is 5.15. The van der Waals surface area contributed by atoms with Gasteiger partial charge in [-0.15, -0.1) is 0 Å². The summed E-state index contributed by atoms with van der Waals surface area (Å²) in [6, 6.07) is 0. The van der Waals surface area contributed by atoms with Crippen molar-refractivity contribution < 1.29 is 0 Å². The summed E-state index contributed by atoms with van der Waals surface area (Å²) >= 11 is 2.13. The lowest BCUT2D eigenvalue weighted by atomic mass is 9.51. The van der Waals surface area contributed by atoms with Crippen molar-refractivity contribution in [1.29, 1.82) is 0 Å². The van der Waals surface area contributed by atoms with Crippen molar-refractivity contribution in [3.8, 4) is 0 Å². The second-order valence-corrected chi connectivity index (χ2v) is 11.9. The van der Waals surface area contributed by atoms with Gasteiger partial charge in [-0.25, -0.2) is 0 Å². The summed E-state index contributed by atoms with van der Waals surface area (Å²) in [5, 5.41) is 10.2. The lowest BCUT2D eigenvalue weighted by molar-refractivity contribution is -0.0428. The molecule has 0 radical (unpaired) electrons. The van der Waals surface area contributed by atoms with Gasteiger partial charge in [-0.3, -0.25) is 0 Å². The van der Waals surface area contributed by atoms with Gasteiger partial charge in [-0.05, 0) is 19.3 Å². The maximum Gasteiger partial charge on any atom is 0.139 e. The smallest absolute Gasteiger partial charge is 0.139 e. The fourth-order valence-electron chi connectivity index (χ4n) is 6.03. The van der Waals surface area contributed by atoms with Crippen LogP contribution in [0.5, 0.6) is 0 Å². The van der Waals surface area contributed by atoms with Crippen molar-refractivity contribution in [3.63, 3.8) is 0 Å². The number of nitrogens with zero attached hydrogens (tertiary/aromatic N) is 2. The quantitative estimate of drug-likeness (QED) is 0.489. The monoisotopic (exact) mass is 322 g/mol. The summed E-state index contributed by atoms with van der Waals surface area (Å²) in [5.41, 5.74) is 0.887. The molecule has 126 valence electrons. The lowest BCUT2D eigenvalue weighted by Crippen LogP contribution is -2.64.